The van der Waals surface area contributed by atoms with Crippen molar-refractivity contribution in [3.05, 3.63) is 92.9 Å². The van der Waals surface area contributed by atoms with Gasteiger partial charge in [0.1, 0.15) is 10.8 Å². The van der Waals surface area contributed by atoms with Crippen LogP contribution in [0.4, 0.5) is 18.9 Å². The van der Waals surface area contributed by atoms with Gasteiger partial charge in [0, 0.05) is 49.5 Å². The van der Waals surface area contributed by atoms with Crippen LogP contribution < -0.4 is 5.32 Å². The summed E-state index contributed by atoms with van der Waals surface area (Å²) in [6.45, 7) is 6.89. The fraction of sp³-hybridized carbons (Fsp3) is 0.300. The molecule has 11 heteroatoms. The largest absolute Gasteiger partial charge is 0.416 e. The molecule has 1 aliphatic rings. The maximum absolute atomic E-state index is 14.0. The number of benzene rings is 2. The highest BCUT2D eigenvalue weighted by atomic mass is 35.5. The quantitative estimate of drug-likeness (QED) is 0.327. The first-order valence-corrected chi connectivity index (χ1v) is 13.4. The van der Waals surface area contributed by atoms with Crippen molar-refractivity contribution >= 4 is 28.8 Å². The second kappa shape index (κ2) is 11.5. The minimum Gasteiger partial charge on any atom is -0.322 e. The van der Waals surface area contributed by atoms with Crippen molar-refractivity contribution in [2.45, 2.75) is 26.6 Å². The molecule has 0 bridgehead atoms. The average Bonchev–Trinajstić information content (AvgIpc) is 3.23. The van der Waals surface area contributed by atoms with E-state index in [0.29, 0.717) is 40.8 Å². The van der Waals surface area contributed by atoms with Gasteiger partial charge >= 0.3 is 6.18 Å². The fourth-order valence-electron chi connectivity index (χ4n) is 4.70. The number of rotatable bonds is 4. The molecule has 0 atom stereocenters. The zero-order valence-electron chi connectivity index (χ0n) is 22.8. The van der Waals surface area contributed by atoms with Gasteiger partial charge in [-0.25, -0.2) is 9.50 Å². The van der Waals surface area contributed by atoms with E-state index in [-0.39, 0.29) is 23.4 Å². The zero-order valence-corrected chi connectivity index (χ0v) is 23.6. The summed E-state index contributed by atoms with van der Waals surface area (Å²) in [6, 6.07) is 12.3. The molecule has 0 saturated carbocycles. The van der Waals surface area contributed by atoms with Crippen molar-refractivity contribution in [3.8, 4) is 11.8 Å². The number of alkyl halides is 3. The molecule has 0 unspecified atom stereocenters. The summed E-state index contributed by atoms with van der Waals surface area (Å²) in [6.07, 6.45) is -4.55. The molecule has 212 valence electrons. The van der Waals surface area contributed by atoms with Gasteiger partial charge in [0.25, 0.3) is 5.91 Å². The second-order valence-electron chi connectivity index (χ2n) is 10.2. The predicted molar refractivity (Wildman–Crippen MR) is 152 cm³/mol. The number of hydrogen-bond donors (Lipinski definition) is 1. The van der Waals surface area contributed by atoms with Crippen molar-refractivity contribution in [2.24, 2.45) is 0 Å². The monoisotopic (exact) mass is 580 g/mol. The number of halogens is 4. The highest BCUT2D eigenvalue weighted by Crippen LogP contribution is 2.34. The van der Waals surface area contributed by atoms with Crippen LogP contribution in [-0.2, 0) is 12.7 Å². The molecule has 0 spiro atoms. The first kappa shape index (κ1) is 28.6. The van der Waals surface area contributed by atoms with Crippen molar-refractivity contribution < 1.29 is 18.0 Å². The number of hydrogen-bond acceptors (Lipinski definition) is 5. The van der Waals surface area contributed by atoms with E-state index in [4.69, 9.17) is 11.6 Å². The third-order valence-electron chi connectivity index (χ3n) is 7.10. The number of nitrogens with one attached hydrogen (secondary N) is 1. The molecule has 7 nitrogen and oxygen atoms in total. The van der Waals surface area contributed by atoms with Crippen molar-refractivity contribution in [1.82, 2.24) is 24.4 Å². The van der Waals surface area contributed by atoms with E-state index in [2.05, 4.69) is 32.1 Å². The lowest BCUT2D eigenvalue weighted by atomic mass is 10.0. The van der Waals surface area contributed by atoms with Crippen molar-refractivity contribution in [3.63, 3.8) is 0 Å². The fourth-order valence-corrected chi connectivity index (χ4v) is 4.83. The second-order valence-corrected chi connectivity index (χ2v) is 10.5. The normalized spacial score (nSPS) is 14.6. The minimum atomic E-state index is -4.55. The molecule has 2 aromatic carbocycles. The third-order valence-corrected chi connectivity index (χ3v) is 7.30. The van der Waals surface area contributed by atoms with Crippen molar-refractivity contribution in [2.75, 3.05) is 38.5 Å². The molecule has 0 radical (unpaired) electrons. The Bertz CT molecular complexity index is 1680. The molecule has 1 amide bonds. The Morgan fingerprint density at radius 3 is 2.51 bits per heavy atom. The topological polar surface area (TPSA) is 65.8 Å². The molecule has 3 heterocycles. The van der Waals surface area contributed by atoms with Crippen LogP contribution in [0.1, 0.15) is 44.0 Å². The van der Waals surface area contributed by atoms with Gasteiger partial charge in [-0.15, -0.1) is 0 Å². The van der Waals surface area contributed by atoms with Crippen LogP contribution in [0.15, 0.2) is 48.5 Å². The number of aromatic nitrogens is 3. The molecule has 0 aliphatic carbocycles. The van der Waals surface area contributed by atoms with E-state index < -0.39 is 17.6 Å². The predicted octanol–water partition coefficient (Wildman–Crippen LogP) is 5.42. The maximum atomic E-state index is 14.0. The number of piperazine rings is 1. The number of carbonyl (C=O) groups is 1. The number of imidazole rings is 1. The van der Waals surface area contributed by atoms with Gasteiger partial charge in [0.2, 0.25) is 0 Å². The summed E-state index contributed by atoms with van der Waals surface area (Å²) in [5, 5.41) is 7.18. The third kappa shape index (κ3) is 6.54. The number of nitrogens with zero attached hydrogens (tertiary/aromatic N) is 5. The Morgan fingerprint density at radius 1 is 1.02 bits per heavy atom. The van der Waals surface area contributed by atoms with E-state index in [1.165, 1.54) is 12.1 Å². The number of anilines is 1. The van der Waals surface area contributed by atoms with Gasteiger partial charge in [-0.1, -0.05) is 29.7 Å². The number of carbonyl (C=O) groups excluding carboxylic acids is 1. The van der Waals surface area contributed by atoms with Crippen LogP contribution in [0.25, 0.3) is 5.65 Å². The molecule has 1 N–H and O–H groups in total. The Hall–Kier alpha value is -3.91. The van der Waals surface area contributed by atoms with Crippen LogP contribution in [0.5, 0.6) is 0 Å². The molecule has 1 saturated heterocycles. The van der Waals surface area contributed by atoms with Crippen molar-refractivity contribution in [1.29, 1.82) is 0 Å². The first-order chi connectivity index (χ1) is 19.5. The Morgan fingerprint density at radius 2 is 1.78 bits per heavy atom. The first-order valence-electron chi connectivity index (χ1n) is 13.0. The smallest absolute Gasteiger partial charge is 0.322 e. The Balaban J connectivity index is 1.37. The highest BCUT2D eigenvalue weighted by molar-refractivity contribution is 6.29. The summed E-state index contributed by atoms with van der Waals surface area (Å²) in [7, 11) is 2.00. The number of aryl methyl sites for hydroxylation is 2. The van der Waals surface area contributed by atoms with E-state index in [1.54, 1.807) is 34.8 Å². The summed E-state index contributed by atoms with van der Waals surface area (Å²) in [5.41, 5.74) is 3.05. The van der Waals surface area contributed by atoms with E-state index in [0.717, 1.165) is 24.7 Å². The number of fused-ring (bicyclic) bond motifs is 1. The van der Waals surface area contributed by atoms with Crippen LogP contribution in [0.2, 0.25) is 5.15 Å². The summed E-state index contributed by atoms with van der Waals surface area (Å²) in [4.78, 5) is 21.7. The number of likely N-dealkylation sites (N-methyl/N-ethyl adjacent to an activating group) is 1. The van der Waals surface area contributed by atoms with Gasteiger partial charge in [0.05, 0.1) is 11.3 Å². The lowest BCUT2D eigenvalue weighted by molar-refractivity contribution is -0.138. The lowest BCUT2D eigenvalue weighted by Gasteiger charge is -2.33. The SMILES string of the molecule is Cc1ccc(C(=O)Nc2ccc(CN3CCN(C)CC3)c(C(F)(F)F)c2)cc1C#Cc1c(C)nc2ccc(Cl)nn12. The van der Waals surface area contributed by atoms with Gasteiger partial charge in [0.15, 0.2) is 5.65 Å². The van der Waals surface area contributed by atoms with Crippen LogP contribution in [0, 0.1) is 25.7 Å². The standard InChI is InChI=1S/C30H28ClF3N6O/c1-19-4-5-22(16-21(19)7-9-26-20(2)35-28-11-10-27(31)37-40(26)28)29(41)36-24-8-6-23(25(17-24)30(32,33)34)18-39-14-12-38(3)13-15-39/h4-6,8,10-11,16-17H,12-15,18H2,1-3H3,(H,36,41). The molecule has 5 rings (SSSR count). The minimum absolute atomic E-state index is 0.0713. The van der Waals surface area contributed by atoms with E-state index in [1.807, 2.05) is 25.8 Å². The van der Waals surface area contributed by atoms with E-state index >= 15 is 0 Å². The summed E-state index contributed by atoms with van der Waals surface area (Å²) < 4.78 is 43.5. The molecular weight excluding hydrogens is 553 g/mol. The highest BCUT2D eigenvalue weighted by Gasteiger charge is 2.34. The molecule has 2 aromatic heterocycles. The van der Waals surface area contributed by atoms with Gasteiger partial charge in [-0.3, -0.25) is 9.69 Å². The van der Waals surface area contributed by atoms with Gasteiger partial charge in [-0.05, 0) is 74.3 Å². The Labute approximate surface area is 240 Å². The molecule has 1 aliphatic heterocycles. The van der Waals surface area contributed by atoms with Crippen LogP contribution >= 0.6 is 11.6 Å². The number of amides is 1. The molecule has 1 fully saturated rings. The molecule has 4 aromatic rings. The van der Waals surface area contributed by atoms with Crippen LogP contribution in [-0.4, -0.2) is 63.5 Å². The van der Waals surface area contributed by atoms with Crippen LogP contribution in [0.3, 0.4) is 0 Å². The van der Waals surface area contributed by atoms with Gasteiger partial charge < -0.3 is 10.2 Å². The average molecular weight is 581 g/mol. The molecular formula is C30H28ClF3N6O. The zero-order chi connectivity index (χ0) is 29.3. The van der Waals surface area contributed by atoms with E-state index in [9.17, 15) is 18.0 Å². The molecule has 41 heavy (non-hydrogen) atoms. The van der Waals surface area contributed by atoms with Gasteiger partial charge in [-0.2, -0.15) is 18.3 Å². The summed E-state index contributed by atoms with van der Waals surface area (Å²) in [5.74, 6) is 5.61. The Kier molecular flexibility index (Phi) is 8.04. The lowest BCUT2D eigenvalue weighted by Crippen LogP contribution is -2.44. The maximum Gasteiger partial charge on any atom is 0.416 e. The summed E-state index contributed by atoms with van der Waals surface area (Å²) >= 11 is 6.04.